The molecule has 0 aliphatic carbocycles. The zero-order valence-electron chi connectivity index (χ0n) is 12.8. The van der Waals surface area contributed by atoms with Crippen LogP contribution in [-0.4, -0.2) is 10.6 Å². The number of para-hydroxylation sites is 1. The van der Waals surface area contributed by atoms with Crippen LogP contribution in [0, 0.1) is 5.82 Å². The number of hydrogen-bond acceptors (Lipinski definition) is 1. The van der Waals surface area contributed by atoms with Crippen LogP contribution in [0.1, 0.15) is 24.5 Å². The van der Waals surface area contributed by atoms with Gasteiger partial charge in [-0.25, -0.2) is 4.39 Å². The second-order valence-electron chi connectivity index (χ2n) is 5.76. The van der Waals surface area contributed by atoms with Crippen molar-refractivity contribution < 1.29 is 4.39 Å². The number of fused-ring (bicyclic) bond motifs is 1. The van der Waals surface area contributed by atoms with E-state index < -0.39 is 0 Å². The van der Waals surface area contributed by atoms with Gasteiger partial charge in [0, 0.05) is 28.7 Å². The average molecular weight is 296 g/mol. The summed E-state index contributed by atoms with van der Waals surface area (Å²) in [5.41, 5.74) is 9.18. The van der Waals surface area contributed by atoms with Crippen LogP contribution >= 0.6 is 0 Å². The number of nitrogens with zero attached hydrogens (tertiary/aromatic N) is 1. The van der Waals surface area contributed by atoms with Crippen molar-refractivity contribution in [1.29, 1.82) is 0 Å². The van der Waals surface area contributed by atoms with Gasteiger partial charge < -0.3 is 10.3 Å². The normalized spacial score (nSPS) is 12.7. The Balaban J connectivity index is 2.01. The first-order valence-corrected chi connectivity index (χ1v) is 7.74. The molecule has 2 N–H and O–H groups in total. The number of aromatic nitrogens is 1. The van der Waals surface area contributed by atoms with Crippen molar-refractivity contribution in [3.8, 4) is 0 Å². The molecule has 0 saturated heterocycles. The topological polar surface area (TPSA) is 30.9 Å². The monoisotopic (exact) mass is 296 g/mol. The predicted octanol–water partition coefficient (Wildman–Crippen LogP) is 4.11. The molecule has 1 aromatic heterocycles. The average Bonchev–Trinajstić information content (AvgIpc) is 2.88. The lowest BCUT2D eigenvalue weighted by Crippen LogP contribution is -2.21. The zero-order valence-corrected chi connectivity index (χ0v) is 12.8. The molecule has 2 aromatic carbocycles. The van der Waals surface area contributed by atoms with Gasteiger partial charge in [-0.05, 0) is 30.5 Å². The third kappa shape index (κ3) is 2.90. The Morgan fingerprint density at radius 2 is 1.77 bits per heavy atom. The molecule has 3 rings (SSSR count). The van der Waals surface area contributed by atoms with Crippen LogP contribution in [0.4, 0.5) is 4.39 Å². The van der Waals surface area contributed by atoms with Gasteiger partial charge in [-0.1, -0.05) is 43.3 Å². The molecule has 0 aliphatic rings. The predicted molar refractivity (Wildman–Crippen MR) is 89.4 cm³/mol. The summed E-state index contributed by atoms with van der Waals surface area (Å²) >= 11 is 0. The molecule has 2 nitrogen and oxygen atoms in total. The van der Waals surface area contributed by atoms with Crippen LogP contribution in [0.25, 0.3) is 10.9 Å². The van der Waals surface area contributed by atoms with Crippen molar-refractivity contribution in [1.82, 2.24) is 4.57 Å². The SMILES string of the molecule is CCC(N)Cc1cn(Cc2ccccc2F)c2ccccc12. The van der Waals surface area contributed by atoms with E-state index in [1.807, 2.05) is 24.3 Å². The zero-order chi connectivity index (χ0) is 15.5. The fourth-order valence-electron chi connectivity index (χ4n) is 2.85. The quantitative estimate of drug-likeness (QED) is 0.754. The Morgan fingerprint density at radius 3 is 2.55 bits per heavy atom. The lowest BCUT2D eigenvalue weighted by molar-refractivity contribution is 0.601. The molecule has 0 aliphatic heterocycles. The molecule has 3 aromatic rings. The van der Waals surface area contributed by atoms with E-state index in [4.69, 9.17) is 5.73 Å². The Morgan fingerprint density at radius 1 is 1.05 bits per heavy atom. The molecule has 1 atom stereocenters. The molecule has 0 bridgehead atoms. The molecule has 0 fully saturated rings. The lowest BCUT2D eigenvalue weighted by atomic mass is 10.0. The van der Waals surface area contributed by atoms with E-state index in [1.54, 1.807) is 6.07 Å². The first-order valence-electron chi connectivity index (χ1n) is 7.74. The van der Waals surface area contributed by atoms with E-state index in [0.717, 1.165) is 18.4 Å². The Hall–Kier alpha value is -2.13. The molecule has 1 heterocycles. The van der Waals surface area contributed by atoms with Crippen molar-refractivity contribution in [2.75, 3.05) is 0 Å². The van der Waals surface area contributed by atoms with E-state index >= 15 is 0 Å². The summed E-state index contributed by atoms with van der Waals surface area (Å²) in [5.74, 6) is -0.160. The summed E-state index contributed by atoms with van der Waals surface area (Å²) in [6.45, 7) is 2.64. The van der Waals surface area contributed by atoms with Crippen LogP contribution < -0.4 is 5.73 Å². The van der Waals surface area contributed by atoms with Crippen LogP contribution in [0.15, 0.2) is 54.7 Å². The third-order valence-corrected chi connectivity index (χ3v) is 4.18. The van der Waals surface area contributed by atoms with Gasteiger partial charge in [0.15, 0.2) is 0 Å². The molecule has 114 valence electrons. The highest BCUT2D eigenvalue weighted by atomic mass is 19.1. The molecule has 0 saturated carbocycles. The maximum absolute atomic E-state index is 13.9. The second-order valence-corrected chi connectivity index (χ2v) is 5.76. The van der Waals surface area contributed by atoms with Gasteiger partial charge >= 0.3 is 0 Å². The van der Waals surface area contributed by atoms with Crippen molar-refractivity contribution >= 4 is 10.9 Å². The number of nitrogens with two attached hydrogens (primary N) is 1. The standard InChI is InChI=1S/C19H21FN2/c1-2-16(21)11-15-13-22(19-10-6-4-8-17(15)19)12-14-7-3-5-9-18(14)20/h3-10,13,16H,2,11-12,21H2,1H3. The Labute approximate surface area is 130 Å². The summed E-state index contributed by atoms with van der Waals surface area (Å²) in [6, 6.07) is 15.3. The smallest absolute Gasteiger partial charge is 0.128 e. The van der Waals surface area contributed by atoms with E-state index in [-0.39, 0.29) is 11.9 Å². The van der Waals surface area contributed by atoms with Gasteiger partial charge in [-0.15, -0.1) is 0 Å². The molecule has 22 heavy (non-hydrogen) atoms. The van der Waals surface area contributed by atoms with Crippen LogP contribution in [0.2, 0.25) is 0 Å². The fraction of sp³-hybridized carbons (Fsp3) is 0.263. The number of benzene rings is 2. The molecular weight excluding hydrogens is 275 g/mol. The van der Waals surface area contributed by atoms with Gasteiger partial charge in [0.1, 0.15) is 5.82 Å². The van der Waals surface area contributed by atoms with Gasteiger partial charge in [-0.2, -0.15) is 0 Å². The lowest BCUT2D eigenvalue weighted by Gasteiger charge is -2.07. The Bertz CT molecular complexity index is 776. The van der Waals surface area contributed by atoms with Crippen LogP contribution in [0.5, 0.6) is 0 Å². The summed E-state index contributed by atoms with van der Waals surface area (Å²) in [7, 11) is 0. The second kappa shape index (κ2) is 6.32. The van der Waals surface area contributed by atoms with Gasteiger partial charge in [0.2, 0.25) is 0 Å². The largest absolute Gasteiger partial charge is 0.343 e. The van der Waals surface area contributed by atoms with Gasteiger partial charge in [-0.3, -0.25) is 0 Å². The minimum absolute atomic E-state index is 0.160. The van der Waals surface area contributed by atoms with Crippen molar-refractivity contribution in [2.24, 2.45) is 5.73 Å². The maximum atomic E-state index is 13.9. The molecule has 3 heteroatoms. The maximum Gasteiger partial charge on any atom is 0.128 e. The highest BCUT2D eigenvalue weighted by Gasteiger charge is 2.12. The minimum Gasteiger partial charge on any atom is -0.343 e. The first-order chi connectivity index (χ1) is 10.7. The number of halogens is 1. The van der Waals surface area contributed by atoms with Gasteiger partial charge in [0.05, 0.1) is 6.54 Å². The van der Waals surface area contributed by atoms with Crippen molar-refractivity contribution in [2.45, 2.75) is 32.4 Å². The van der Waals surface area contributed by atoms with Crippen LogP contribution in [0.3, 0.4) is 0 Å². The summed E-state index contributed by atoms with van der Waals surface area (Å²) in [5, 5.41) is 1.21. The number of hydrogen-bond donors (Lipinski definition) is 1. The third-order valence-electron chi connectivity index (χ3n) is 4.18. The van der Waals surface area contributed by atoms with E-state index in [9.17, 15) is 4.39 Å². The van der Waals surface area contributed by atoms with E-state index in [2.05, 4.69) is 29.8 Å². The molecule has 1 unspecified atom stereocenters. The number of rotatable bonds is 5. The summed E-state index contributed by atoms with van der Waals surface area (Å²) in [6.07, 6.45) is 3.92. The fourth-order valence-corrected chi connectivity index (χ4v) is 2.85. The van der Waals surface area contributed by atoms with E-state index in [1.165, 1.54) is 17.0 Å². The van der Waals surface area contributed by atoms with Gasteiger partial charge in [0.25, 0.3) is 0 Å². The highest BCUT2D eigenvalue weighted by Crippen LogP contribution is 2.24. The summed E-state index contributed by atoms with van der Waals surface area (Å²) < 4.78 is 16.0. The highest BCUT2D eigenvalue weighted by molar-refractivity contribution is 5.84. The first kappa shape index (κ1) is 14.8. The molecule has 0 radical (unpaired) electrons. The van der Waals surface area contributed by atoms with Crippen molar-refractivity contribution in [3.63, 3.8) is 0 Å². The molecule has 0 spiro atoms. The van der Waals surface area contributed by atoms with E-state index in [0.29, 0.717) is 12.1 Å². The Kier molecular flexibility index (Phi) is 4.25. The summed E-state index contributed by atoms with van der Waals surface area (Å²) in [4.78, 5) is 0. The van der Waals surface area contributed by atoms with Crippen molar-refractivity contribution in [3.05, 3.63) is 71.7 Å². The minimum atomic E-state index is -0.160. The molecular formula is C19H21FN2. The van der Waals surface area contributed by atoms with Crippen LogP contribution in [-0.2, 0) is 13.0 Å². The molecule has 0 amide bonds.